The SMILES string of the molecule is COc1ccc(/C=C2\SC(=Nc3cccc(C(F)(F)F)c3)NC2=O)c(OC)c1. The van der Waals surface area contributed by atoms with E-state index in [-0.39, 0.29) is 10.9 Å². The van der Waals surface area contributed by atoms with E-state index in [1.807, 2.05) is 0 Å². The zero-order chi connectivity index (χ0) is 20.3. The fourth-order valence-corrected chi connectivity index (χ4v) is 3.26. The lowest BCUT2D eigenvalue weighted by molar-refractivity contribution is -0.137. The average molecular weight is 408 g/mol. The molecule has 0 spiro atoms. The second-order valence-electron chi connectivity index (χ2n) is 5.64. The van der Waals surface area contributed by atoms with Gasteiger partial charge < -0.3 is 14.8 Å². The summed E-state index contributed by atoms with van der Waals surface area (Å²) in [5, 5.41) is 2.75. The average Bonchev–Trinajstić information content (AvgIpc) is 3.00. The van der Waals surface area contributed by atoms with Crippen LogP contribution in [0.1, 0.15) is 11.1 Å². The quantitative estimate of drug-likeness (QED) is 0.751. The number of amidine groups is 1. The first-order chi connectivity index (χ1) is 13.3. The lowest BCUT2D eigenvalue weighted by Gasteiger charge is -2.07. The summed E-state index contributed by atoms with van der Waals surface area (Å²) in [6.07, 6.45) is -2.84. The third kappa shape index (κ3) is 4.48. The van der Waals surface area contributed by atoms with Gasteiger partial charge in [0.2, 0.25) is 0 Å². The van der Waals surface area contributed by atoms with Crippen LogP contribution in [0, 0.1) is 0 Å². The lowest BCUT2D eigenvalue weighted by Crippen LogP contribution is -2.19. The van der Waals surface area contributed by atoms with Crippen molar-refractivity contribution in [3.63, 3.8) is 0 Å². The smallest absolute Gasteiger partial charge is 0.416 e. The Kier molecular flexibility index (Phi) is 5.64. The molecule has 146 valence electrons. The predicted molar refractivity (Wildman–Crippen MR) is 102 cm³/mol. The van der Waals surface area contributed by atoms with Gasteiger partial charge in [-0.25, -0.2) is 4.99 Å². The van der Waals surface area contributed by atoms with Crippen molar-refractivity contribution in [3.8, 4) is 11.5 Å². The molecule has 0 bridgehead atoms. The van der Waals surface area contributed by atoms with Crippen LogP contribution in [0.5, 0.6) is 11.5 Å². The number of hydrogen-bond donors (Lipinski definition) is 1. The standard InChI is InChI=1S/C19H15F3N2O3S/c1-26-14-7-6-11(15(10-14)27-2)8-16-17(25)24-18(28-16)23-13-5-3-4-12(9-13)19(20,21)22/h3-10H,1-2H3,(H,23,24,25)/b16-8-. The number of thioether (sulfide) groups is 1. The van der Waals surface area contributed by atoms with Crippen LogP contribution >= 0.6 is 11.8 Å². The molecule has 0 aliphatic carbocycles. The van der Waals surface area contributed by atoms with Gasteiger partial charge >= 0.3 is 6.18 Å². The number of nitrogens with one attached hydrogen (secondary N) is 1. The van der Waals surface area contributed by atoms with E-state index < -0.39 is 17.6 Å². The number of aliphatic imine (C=N–C) groups is 1. The summed E-state index contributed by atoms with van der Waals surface area (Å²) in [6.45, 7) is 0. The molecule has 28 heavy (non-hydrogen) atoms. The third-order valence-electron chi connectivity index (χ3n) is 3.78. The Morgan fingerprint density at radius 1 is 1.11 bits per heavy atom. The van der Waals surface area contributed by atoms with E-state index in [1.165, 1.54) is 26.4 Å². The van der Waals surface area contributed by atoms with Crippen molar-refractivity contribution in [1.29, 1.82) is 0 Å². The highest BCUT2D eigenvalue weighted by Crippen LogP contribution is 2.34. The van der Waals surface area contributed by atoms with Crippen LogP contribution in [0.2, 0.25) is 0 Å². The van der Waals surface area contributed by atoms with Crippen LogP contribution in [0.4, 0.5) is 18.9 Å². The van der Waals surface area contributed by atoms with Gasteiger partial charge in [0.05, 0.1) is 30.4 Å². The van der Waals surface area contributed by atoms with E-state index in [1.54, 1.807) is 24.3 Å². The van der Waals surface area contributed by atoms with Gasteiger partial charge in [-0.15, -0.1) is 0 Å². The number of benzene rings is 2. The van der Waals surface area contributed by atoms with Gasteiger partial charge in [0, 0.05) is 11.6 Å². The largest absolute Gasteiger partial charge is 0.497 e. The fourth-order valence-electron chi connectivity index (χ4n) is 2.43. The number of halogens is 3. The second kappa shape index (κ2) is 7.97. The Morgan fingerprint density at radius 3 is 2.57 bits per heavy atom. The maximum absolute atomic E-state index is 12.8. The van der Waals surface area contributed by atoms with Crippen molar-refractivity contribution in [2.75, 3.05) is 14.2 Å². The Balaban J connectivity index is 1.86. The number of hydrogen-bond acceptors (Lipinski definition) is 5. The molecule has 1 amide bonds. The summed E-state index contributed by atoms with van der Waals surface area (Å²) >= 11 is 1.03. The molecular weight excluding hydrogens is 393 g/mol. The van der Waals surface area contributed by atoms with Crippen molar-refractivity contribution in [2.45, 2.75) is 6.18 Å². The minimum Gasteiger partial charge on any atom is -0.497 e. The second-order valence-corrected chi connectivity index (χ2v) is 6.67. The van der Waals surface area contributed by atoms with Crippen LogP contribution < -0.4 is 14.8 Å². The minimum atomic E-state index is -4.46. The summed E-state index contributed by atoms with van der Waals surface area (Å²) in [4.78, 5) is 16.6. The molecule has 1 saturated heterocycles. The van der Waals surface area contributed by atoms with Crippen molar-refractivity contribution in [3.05, 3.63) is 58.5 Å². The number of rotatable bonds is 4. The van der Waals surface area contributed by atoms with Gasteiger partial charge in [0.1, 0.15) is 11.5 Å². The van der Waals surface area contributed by atoms with E-state index in [4.69, 9.17) is 9.47 Å². The van der Waals surface area contributed by atoms with Crippen molar-refractivity contribution >= 4 is 34.6 Å². The number of ether oxygens (including phenoxy) is 2. The highest BCUT2D eigenvalue weighted by Gasteiger charge is 2.30. The molecule has 2 aromatic rings. The van der Waals surface area contributed by atoms with E-state index in [0.717, 1.165) is 23.9 Å². The van der Waals surface area contributed by atoms with Gasteiger partial charge in [-0.3, -0.25) is 4.79 Å². The predicted octanol–water partition coefficient (Wildman–Crippen LogP) is 4.61. The van der Waals surface area contributed by atoms with Gasteiger partial charge in [0.15, 0.2) is 5.17 Å². The van der Waals surface area contributed by atoms with Crippen LogP contribution in [-0.4, -0.2) is 25.3 Å². The first-order valence-corrected chi connectivity index (χ1v) is 8.80. The van der Waals surface area contributed by atoms with Gasteiger partial charge in [-0.05, 0) is 48.2 Å². The summed E-state index contributed by atoms with van der Waals surface area (Å²) in [5.41, 5.74) is -0.0513. The van der Waals surface area contributed by atoms with Crippen molar-refractivity contribution in [1.82, 2.24) is 5.32 Å². The molecule has 0 atom stereocenters. The van der Waals surface area contributed by atoms with Gasteiger partial charge in [0.25, 0.3) is 5.91 Å². The van der Waals surface area contributed by atoms with E-state index >= 15 is 0 Å². The zero-order valence-electron chi connectivity index (χ0n) is 14.8. The van der Waals surface area contributed by atoms with Crippen LogP contribution in [0.25, 0.3) is 6.08 Å². The van der Waals surface area contributed by atoms with Gasteiger partial charge in [-0.1, -0.05) is 6.07 Å². The molecule has 2 aromatic carbocycles. The molecule has 5 nitrogen and oxygen atoms in total. The summed E-state index contributed by atoms with van der Waals surface area (Å²) < 4.78 is 48.9. The van der Waals surface area contributed by atoms with Crippen molar-refractivity contribution in [2.24, 2.45) is 4.99 Å². The van der Waals surface area contributed by atoms with Crippen molar-refractivity contribution < 1.29 is 27.4 Å². The normalized spacial score (nSPS) is 17.1. The Bertz CT molecular complexity index is 971. The molecule has 0 saturated carbocycles. The first kappa shape index (κ1) is 19.8. The van der Waals surface area contributed by atoms with Crippen LogP contribution in [-0.2, 0) is 11.0 Å². The lowest BCUT2D eigenvalue weighted by atomic mass is 10.1. The first-order valence-electron chi connectivity index (χ1n) is 7.99. The molecule has 1 fully saturated rings. The monoisotopic (exact) mass is 408 g/mol. The number of amides is 1. The summed E-state index contributed by atoms with van der Waals surface area (Å²) in [5.74, 6) is 0.728. The summed E-state index contributed by atoms with van der Waals surface area (Å²) in [6, 6.07) is 9.73. The molecule has 1 N–H and O–H groups in total. The highest BCUT2D eigenvalue weighted by atomic mass is 32.2. The molecule has 0 radical (unpaired) electrons. The third-order valence-corrected chi connectivity index (χ3v) is 4.69. The molecule has 1 aliphatic heterocycles. The van der Waals surface area contributed by atoms with Crippen LogP contribution in [0.3, 0.4) is 0 Å². The van der Waals surface area contributed by atoms with Gasteiger partial charge in [-0.2, -0.15) is 13.2 Å². The Labute approximate surface area is 163 Å². The molecule has 0 unspecified atom stereocenters. The minimum absolute atomic E-state index is 0.0981. The zero-order valence-corrected chi connectivity index (χ0v) is 15.6. The topological polar surface area (TPSA) is 59.9 Å². The number of nitrogens with zero attached hydrogens (tertiary/aromatic N) is 1. The fraction of sp³-hybridized carbons (Fsp3) is 0.158. The molecule has 9 heteroatoms. The number of carbonyl (C=O) groups excluding carboxylic acids is 1. The summed E-state index contributed by atoms with van der Waals surface area (Å²) in [7, 11) is 3.03. The maximum atomic E-state index is 12.8. The molecule has 0 aromatic heterocycles. The Hall–Kier alpha value is -2.94. The molecule has 1 heterocycles. The molecule has 3 rings (SSSR count). The number of carbonyl (C=O) groups is 1. The van der Waals surface area contributed by atoms with Crippen LogP contribution in [0.15, 0.2) is 52.4 Å². The molecular formula is C19H15F3N2O3S. The highest BCUT2D eigenvalue weighted by molar-refractivity contribution is 8.18. The maximum Gasteiger partial charge on any atom is 0.416 e. The van der Waals surface area contributed by atoms with E-state index in [0.29, 0.717) is 22.0 Å². The Morgan fingerprint density at radius 2 is 1.89 bits per heavy atom. The van der Waals surface area contributed by atoms with E-state index in [9.17, 15) is 18.0 Å². The molecule has 1 aliphatic rings. The van der Waals surface area contributed by atoms with E-state index in [2.05, 4.69) is 10.3 Å². The number of alkyl halides is 3. The number of methoxy groups -OCH3 is 2.